The minimum atomic E-state index is -10.7. The maximum Gasteiger partial charge on any atom is 0 e. The van der Waals surface area contributed by atoms with Crippen LogP contribution in [0.1, 0.15) is 0 Å². The molecule has 0 unspecified atom stereocenters. The van der Waals surface area contributed by atoms with Crippen LogP contribution in [0, 0.1) is 32.1 Å². The molecule has 9 heteroatoms. The molecule has 0 spiro atoms. The maximum atomic E-state index is 9.87. The van der Waals surface area contributed by atoms with Gasteiger partial charge in [0, 0.05) is 22.1 Å². The zero-order chi connectivity index (χ0) is 15.1. The first-order chi connectivity index (χ1) is 8.34. The Labute approximate surface area is 129 Å². The van der Waals surface area contributed by atoms with E-state index in [9.17, 15) is 25.2 Å². The molecular formula is C11H10ClF6FeP-. The Morgan fingerprint density at radius 3 is 1.05 bits per heavy atom. The third-order valence-electron chi connectivity index (χ3n) is 1.29. The molecule has 20 heavy (non-hydrogen) atoms. The molecule has 1 aliphatic rings. The van der Waals surface area contributed by atoms with Crippen LogP contribution in [0.15, 0.2) is 30.3 Å². The largest absolute Gasteiger partial charge is 0.0312 e. The Kier molecular flexibility index (Phi) is 8.80. The van der Waals surface area contributed by atoms with E-state index in [4.69, 9.17) is 11.6 Å². The van der Waals surface area contributed by atoms with Crippen molar-refractivity contribution in [2.75, 3.05) is 0 Å². The van der Waals surface area contributed by atoms with Gasteiger partial charge in [0.25, 0.3) is 0 Å². The second-order valence-corrected chi connectivity index (χ2v) is 5.57. The molecule has 0 amide bonds. The molecule has 1 aromatic carbocycles. The van der Waals surface area contributed by atoms with Crippen molar-refractivity contribution in [3.05, 3.63) is 67.5 Å². The van der Waals surface area contributed by atoms with Gasteiger partial charge in [-0.2, -0.15) is 0 Å². The first-order valence-electron chi connectivity index (χ1n) is 4.78. The van der Waals surface area contributed by atoms with Crippen LogP contribution in [-0.4, -0.2) is 0 Å². The van der Waals surface area contributed by atoms with Crippen molar-refractivity contribution in [1.82, 2.24) is 0 Å². The van der Waals surface area contributed by atoms with Crippen molar-refractivity contribution in [2.24, 2.45) is 0 Å². The van der Waals surface area contributed by atoms with Crippen LogP contribution in [0.3, 0.4) is 0 Å². The average Bonchev–Trinajstić information content (AvgIpc) is 2.71. The van der Waals surface area contributed by atoms with E-state index in [-0.39, 0.29) is 17.1 Å². The fourth-order valence-electron chi connectivity index (χ4n) is 0.735. The summed E-state index contributed by atoms with van der Waals surface area (Å²) < 4.78 is 59.2. The van der Waals surface area contributed by atoms with Gasteiger partial charge in [-0.15, -0.1) is 0 Å². The van der Waals surface area contributed by atoms with E-state index in [2.05, 4.69) is 0 Å². The molecular weight excluding hydrogens is 368 g/mol. The number of rotatable bonds is 0. The smallest absolute Gasteiger partial charge is 0 e. The molecule has 1 saturated carbocycles. The second-order valence-electron chi connectivity index (χ2n) is 3.22. The molecule has 1 aliphatic carbocycles. The van der Waals surface area contributed by atoms with Crippen LogP contribution in [0.25, 0.3) is 0 Å². The van der Waals surface area contributed by atoms with Crippen molar-refractivity contribution in [1.29, 1.82) is 0 Å². The summed E-state index contributed by atoms with van der Waals surface area (Å²) in [5, 5.41) is 0.794. The summed E-state index contributed by atoms with van der Waals surface area (Å²) >= 11 is 5.54. The van der Waals surface area contributed by atoms with E-state index in [0.29, 0.717) is 0 Å². The monoisotopic (exact) mass is 378 g/mol. The molecule has 0 aliphatic heterocycles. The molecule has 1 fully saturated rings. The number of hydrogen-bond acceptors (Lipinski definition) is 0. The summed E-state index contributed by atoms with van der Waals surface area (Å²) in [7, 11) is -10.7. The third-order valence-corrected chi connectivity index (χ3v) is 1.54. The quantitative estimate of drug-likeness (QED) is 0.266. The first-order valence-corrected chi connectivity index (χ1v) is 7.19. The van der Waals surface area contributed by atoms with E-state index < -0.39 is 7.81 Å². The van der Waals surface area contributed by atoms with E-state index in [1.165, 1.54) is 0 Å². The first kappa shape index (κ1) is 22.3. The van der Waals surface area contributed by atoms with Gasteiger partial charge in [0.1, 0.15) is 0 Å². The zero-order valence-corrected chi connectivity index (χ0v) is 12.5. The van der Waals surface area contributed by atoms with E-state index in [1.807, 2.05) is 62.4 Å². The van der Waals surface area contributed by atoms with E-state index in [1.54, 1.807) is 0 Å². The predicted octanol–water partition coefficient (Wildman–Crippen LogP) is 6.74. The Hall–Kier alpha value is 0.0395. The van der Waals surface area contributed by atoms with Gasteiger partial charge in [-0.25, -0.2) is 0 Å². The Bertz CT molecular complexity index is 343. The Balaban J connectivity index is 0. The second kappa shape index (κ2) is 7.88. The number of halogens is 7. The molecule has 0 nitrogen and oxygen atoms in total. The van der Waals surface area contributed by atoms with Gasteiger partial charge in [-0.1, -0.05) is 29.8 Å². The molecule has 2 rings (SSSR count). The van der Waals surface area contributed by atoms with Crippen molar-refractivity contribution >= 4 is 19.4 Å². The van der Waals surface area contributed by atoms with Crippen molar-refractivity contribution in [3.63, 3.8) is 0 Å². The van der Waals surface area contributed by atoms with Gasteiger partial charge < -0.3 is 0 Å². The molecule has 5 radical (unpaired) electrons. The van der Waals surface area contributed by atoms with Gasteiger partial charge in [0.05, 0.1) is 0 Å². The molecule has 0 bridgehead atoms. The summed E-state index contributed by atoms with van der Waals surface area (Å²) in [5.41, 5.74) is 0. The number of hydrogen-bond donors (Lipinski definition) is 0. The van der Waals surface area contributed by atoms with Crippen LogP contribution in [0.2, 0.25) is 5.02 Å². The van der Waals surface area contributed by atoms with Crippen LogP contribution >= 0.6 is 19.4 Å². The Morgan fingerprint density at radius 1 is 0.650 bits per heavy atom. The fraction of sp³-hybridized carbons (Fsp3) is 0. The molecule has 0 atom stereocenters. The molecule has 0 heterocycles. The van der Waals surface area contributed by atoms with E-state index in [0.717, 1.165) is 5.02 Å². The fourth-order valence-corrected chi connectivity index (χ4v) is 0.881. The summed E-state index contributed by atoms with van der Waals surface area (Å²) in [5.74, 6) is 0. The van der Waals surface area contributed by atoms with Gasteiger partial charge in [0.15, 0.2) is 0 Å². The molecule has 0 saturated heterocycles. The van der Waals surface area contributed by atoms with Gasteiger partial charge in [-0.3, -0.25) is 0 Å². The van der Waals surface area contributed by atoms with Crippen molar-refractivity contribution < 1.29 is 42.3 Å². The van der Waals surface area contributed by atoms with Gasteiger partial charge in [0.2, 0.25) is 0 Å². The zero-order valence-electron chi connectivity index (χ0n) is 9.72. The number of benzene rings is 1. The topological polar surface area (TPSA) is 0 Å². The minimum absolute atomic E-state index is 0. The summed E-state index contributed by atoms with van der Waals surface area (Å²) in [6.45, 7) is 0. The molecule has 0 N–H and O–H groups in total. The maximum absolute atomic E-state index is 10.7. The molecule has 1 aromatic rings. The normalized spacial score (nSPS) is 17.1. The van der Waals surface area contributed by atoms with Gasteiger partial charge >= 0.3 is 33.0 Å². The molecule has 117 valence electrons. The van der Waals surface area contributed by atoms with Crippen LogP contribution in [0.5, 0.6) is 0 Å². The SMILES string of the molecule is Clc1ccccc1.F[P-](F)(F)(F)(F)F.[CH]1[CH][CH][CH][CH]1.[Fe]. The standard InChI is InChI=1S/C6H5Cl.C5H5.F6P.Fe/c7-6-4-2-1-3-5-6;1-2-4-5-3-1;1-7(2,3,4,5)6;/h1-5H;1-5H;;/q;;-1;. The summed E-state index contributed by atoms with van der Waals surface area (Å²) in [6.07, 6.45) is 10.0. The third kappa shape index (κ3) is 30.8. The van der Waals surface area contributed by atoms with Crippen LogP contribution < -0.4 is 0 Å². The summed E-state index contributed by atoms with van der Waals surface area (Å²) in [6, 6.07) is 9.44. The minimum Gasteiger partial charge on any atom is -0.0312 e. The average molecular weight is 378 g/mol. The van der Waals surface area contributed by atoms with Crippen molar-refractivity contribution in [3.8, 4) is 0 Å². The molecule has 0 aromatic heterocycles. The Morgan fingerprint density at radius 2 is 0.900 bits per heavy atom. The van der Waals surface area contributed by atoms with Crippen LogP contribution in [0.4, 0.5) is 25.2 Å². The van der Waals surface area contributed by atoms with Gasteiger partial charge in [-0.05, 0) is 44.2 Å². The van der Waals surface area contributed by atoms with E-state index >= 15 is 0 Å². The van der Waals surface area contributed by atoms with Crippen molar-refractivity contribution in [2.45, 2.75) is 0 Å². The summed E-state index contributed by atoms with van der Waals surface area (Å²) in [4.78, 5) is 0. The predicted molar refractivity (Wildman–Crippen MR) is 66.5 cm³/mol. The van der Waals surface area contributed by atoms with Crippen LogP contribution in [-0.2, 0) is 17.1 Å².